The number of esters is 1. The van der Waals surface area contributed by atoms with Gasteiger partial charge < -0.3 is 44.0 Å². The SMILES string of the molecule is C=CC[C@@H]1/C=C(\C)C[C@H](C)C[C@H](OC)[C@H]2O[C@@](O)(C(=O)C(=O)N3CCCC[C@H]3C(=O)O[C@H](/C(C)=C/[C@@H]3CC[C@@H](O)[C@H](OC)C3)[C@H](C)[C@@H](O)CC1=O)[C@H](C)C[C@@H]2C=O. The molecule has 0 aromatic rings. The van der Waals surface area contributed by atoms with Crippen molar-refractivity contribution >= 4 is 29.7 Å². The van der Waals surface area contributed by atoms with Crippen molar-refractivity contribution in [2.75, 3.05) is 20.8 Å². The second kappa shape index (κ2) is 20.8. The van der Waals surface area contributed by atoms with Gasteiger partial charge in [0.25, 0.3) is 11.7 Å². The smallest absolute Gasteiger partial charge is 0.329 e. The molecule has 2 saturated heterocycles. The molecule has 320 valence electrons. The van der Waals surface area contributed by atoms with E-state index in [2.05, 4.69) is 6.58 Å². The van der Waals surface area contributed by atoms with Crippen LogP contribution in [0.3, 0.4) is 0 Å². The highest BCUT2D eigenvalue weighted by Crippen LogP contribution is 2.40. The number of rotatable bonds is 7. The van der Waals surface area contributed by atoms with Crippen molar-refractivity contribution in [1.29, 1.82) is 0 Å². The quantitative estimate of drug-likeness (QED) is 0.143. The molecule has 3 heterocycles. The first kappa shape index (κ1) is 46.6. The van der Waals surface area contributed by atoms with Gasteiger partial charge in [-0.1, -0.05) is 44.6 Å². The lowest BCUT2D eigenvalue weighted by Crippen LogP contribution is -2.63. The van der Waals surface area contributed by atoms with Crippen LogP contribution < -0.4 is 0 Å². The van der Waals surface area contributed by atoms with Crippen molar-refractivity contribution < 1.29 is 58.2 Å². The highest BCUT2D eigenvalue weighted by molar-refractivity contribution is 6.39. The molecule has 0 radical (unpaired) electrons. The monoisotopic (exact) mass is 801 g/mol. The number of cyclic esters (lactones) is 1. The molecule has 0 unspecified atom stereocenters. The molecule has 0 aromatic carbocycles. The molecule has 1 saturated carbocycles. The standard InChI is InChI=1S/C44H67NO12/c1-9-12-31-18-25(2)17-26(3)19-38(55-8)40-32(24-46)21-28(5)44(53,57-40)41(50)42(51)45-16-11-10-13-33(45)43(52)56-39(29(6)35(48)23-36(31)49)27(4)20-30-14-15-34(47)37(22-30)54-7/h9,18,20,24,26,28-35,37-40,47-48,53H,1,10-17,19,21-23H2,2-8H3/b25-18+,27-20+/t26-,28+,29+,30-,31+,32+,33-,34+,35-,37+,38-,39+,40-,44+/m0/s1. The maximum absolute atomic E-state index is 14.3. The molecule has 57 heavy (non-hydrogen) atoms. The van der Waals surface area contributed by atoms with E-state index < -0.39 is 83.7 Å². The van der Waals surface area contributed by atoms with E-state index in [1.54, 1.807) is 34.0 Å². The Morgan fingerprint density at radius 3 is 2.33 bits per heavy atom. The summed E-state index contributed by atoms with van der Waals surface area (Å²) in [5, 5.41) is 34.1. The number of amides is 1. The maximum atomic E-state index is 14.3. The third-order valence-electron chi connectivity index (χ3n) is 12.8. The Kier molecular flexibility index (Phi) is 17.0. The van der Waals surface area contributed by atoms with Crippen LogP contribution in [0.4, 0.5) is 0 Å². The van der Waals surface area contributed by atoms with Gasteiger partial charge in [-0.15, -0.1) is 6.58 Å². The van der Waals surface area contributed by atoms with Crippen LogP contribution in [0.25, 0.3) is 0 Å². The number of carbonyl (C=O) groups is 5. The fourth-order valence-corrected chi connectivity index (χ4v) is 9.44. The number of hydrogen-bond donors (Lipinski definition) is 3. The Morgan fingerprint density at radius 1 is 0.982 bits per heavy atom. The van der Waals surface area contributed by atoms with Crippen LogP contribution in [0.15, 0.2) is 36.0 Å². The minimum atomic E-state index is -2.59. The molecule has 14 atom stereocenters. The summed E-state index contributed by atoms with van der Waals surface area (Å²) in [6.07, 6.45) is 5.42. The largest absolute Gasteiger partial charge is 0.456 e. The summed E-state index contributed by atoms with van der Waals surface area (Å²) < 4.78 is 23.7. The van der Waals surface area contributed by atoms with Crippen molar-refractivity contribution in [3.8, 4) is 0 Å². The predicted octanol–water partition coefficient (Wildman–Crippen LogP) is 4.44. The number of aliphatic hydroxyl groups is 3. The number of Topliss-reactive ketones (excluding diaryl/α,β-unsaturated/α-hetero) is 2. The molecule has 3 N–H and O–H groups in total. The molecule has 13 heteroatoms. The summed E-state index contributed by atoms with van der Waals surface area (Å²) >= 11 is 0. The van der Waals surface area contributed by atoms with E-state index in [4.69, 9.17) is 18.9 Å². The van der Waals surface area contributed by atoms with Crippen molar-refractivity contribution in [3.05, 3.63) is 36.0 Å². The molecule has 0 spiro atoms. The predicted molar refractivity (Wildman–Crippen MR) is 211 cm³/mol. The van der Waals surface area contributed by atoms with Crippen LogP contribution in [0.1, 0.15) is 105 Å². The van der Waals surface area contributed by atoms with Crippen LogP contribution in [0, 0.1) is 35.5 Å². The van der Waals surface area contributed by atoms with Crippen molar-refractivity contribution in [1.82, 2.24) is 4.90 Å². The molecule has 0 aromatic heterocycles. The zero-order valence-electron chi connectivity index (χ0n) is 35.0. The van der Waals surface area contributed by atoms with E-state index in [9.17, 15) is 39.3 Å². The number of allylic oxidation sites excluding steroid dienone is 4. The number of ether oxygens (including phenoxy) is 4. The first-order chi connectivity index (χ1) is 27.0. The number of aldehydes is 1. The molecular formula is C44H67NO12. The minimum Gasteiger partial charge on any atom is -0.456 e. The van der Waals surface area contributed by atoms with Gasteiger partial charge in [0, 0.05) is 50.9 Å². The van der Waals surface area contributed by atoms with E-state index in [1.165, 1.54) is 7.11 Å². The molecule has 1 aliphatic carbocycles. The van der Waals surface area contributed by atoms with Gasteiger partial charge in [-0.2, -0.15) is 0 Å². The van der Waals surface area contributed by atoms with E-state index in [0.29, 0.717) is 56.9 Å². The third kappa shape index (κ3) is 11.2. The Balaban J connectivity index is 1.78. The van der Waals surface area contributed by atoms with Gasteiger partial charge in [0.05, 0.1) is 30.5 Å². The summed E-state index contributed by atoms with van der Waals surface area (Å²) in [5.74, 6) is -8.95. The molecule has 1 amide bonds. The van der Waals surface area contributed by atoms with Gasteiger partial charge in [0.2, 0.25) is 5.79 Å². The number of fused-ring (bicyclic) bond motifs is 3. The van der Waals surface area contributed by atoms with Crippen molar-refractivity contribution in [2.24, 2.45) is 35.5 Å². The molecule has 13 nitrogen and oxygen atoms in total. The van der Waals surface area contributed by atoms with Gasteiger partial charge in [-0.05, 0) is 95.5 Å². The van der Waals surface area contributed by atoms with Gasteiger partial charge >= 0.3 is 5.97 Å². The summed E-state index contributed by atoms with van der Waals surface area (Å²) in [6, 6.07) is -1.17. The Morgan fingerprint density at radius 2 is 1.68 bits per heavy atom. The lowest BCUT2D eigenvalue weighted by Gasteiger charge is -2.46. The molecule has 2 bridgehead atoms. The lowest BCUT2D eigenvalue weighted by atomic mass is 9.78. The first-order valence-electron chi connectivity index (χ1n) is 20.8. The molecule has 3 aliphatic heterocycles. The van der Waals surface area contributed by atoms with Crippen LogP contribution in [-0.2, 0) is 42.9 Å². The minimum absolute atomic E-state index is 0.0235. The normalized spacial score (nSPS) is 40.9. The molecule has 4 aliphatic rings. The number of aliphatic hydroxyl groups excluding tert-OH is 2. The number of hydrogen-bond acceptors (Lipinski definition) is 12. The molecule has 3 fully saturated rings. The fourth-order valence-electron chi connectivity index (χ4n) is 9.44. The summed E-state index contributed by atoms with van der Waals surface area (Å²) in [5.41, 5.74) is 1.55. The number of nitrogens with zero attached hydrogens (tertiary/aromatic N) is 1. The van der Waals surface area contributed by atoms with Gasteiger partial charge in [-0.3, -0.25) is 14.4 Å². The zero-order valence-corrected chi connectivity index (χ0v) is 35.0. The van der Waals surface area contributed by atoms with E-state index in [-0.39, 0.29) is 49.5 Å². The van der Waals surface area contributed by atoms with Crippen molar-refractivity contribution in [3.63, 3.8) is 0 Å². The van der Waals surface area contributed by atoms with Crippen LogP contribution in [0.5, 0.6) is 0 Å². The van der Waals surface area contributed by atoms with Crippen LogP contribution >= 0.6 is 0 Å². The highest BCUT2D eigenvalue weighted by Gasteiger charge is 2.56. The van der Waals surface area contributed by atoms with Crippen molar-refractivity contribution in [2.45, 2.75) is 154 Å². The Bertz CT molecular complexity index is 1510. The van der Waals surface area contributed by atoms with Gasteiger partial charge in [-0.25, -0.2) is 4.79 Å². The average molecular weight is 802 g/mol. The Hall–Kier alpha value is -3.07. The highest BCUT2D eigenvalue weighted by atomic mass is 16.7. The average Bonchev–Trinajstić information content (AvgIpc) is 3.18. The van der Waals surface area contributed by atoms with Crippen LogP contribution in [0.2, 0.25) is 0 Å². The van der Waals surface area contributed by atoms with Crippen LogP contribution in [-0.4, -0.2) is 119 Å². The first-order valence-corrected chi connectivity index (χ1v) is 20.8. The lowest BCUT2D eigenvalue weighted by molar-refractivity contribution is -0.287. The molecule has 4 rings (SSSR count). The summed E-state index contributed by atoms with van der Waals surface area (Å²) in [6.45, 7) is 12.9. The fraction of sp³-hybridized carbons (Fsp3) is 0.750. The Labute approximate surface area is 338 Å². The third-order valence-corrected chi connectivity index (χ3v) is 12.8. The van der Waals surface area contributed by atoms with E-state index >= 15 is 0 Å². The van der Waals surface area contributed by atoms with E-state index in [1.807, 2.05) is 26.0 Å². The number of methoxy groups -OCH3 is 2. The number of carbonyl (C=O) groups excluding carboxylic acids is 5. The second-order valence-electron chi connectivity index (χ2n) is 17.3. The number of ketones is 2. The second-order valence-corrected chi connectivity index (χ2v) is 17.3. The summed E-state index contributed by atoms with van der Waals surface area (Å²) in [4.78, 5) is 70.0. The summed E-state index contributed by atoms with van der Waals surface area (Å²) in [7, 11) is 3.02. The van der Waals surface area contributed by atoms with Gasteiger partial charge in [0.1, 0.15) is 24.2 Å². The number of piperidine rings is 1. The van der Waals surface area contributed by atoms with Gasteiger partial charge in [0.15, 0.2) is 0 Å². The zero-order chi connectivity index (χ0) is 42.2. The topological polar surface area (TPSA) is 186 Å². The maximum Gasteiger partial charge on any atom is 0.329 e. The van der Waals surface area contributed by atoms with E-state index in [0.717, 1.165) is 16.8 Å². The molecular weight excluding hydrogens is 734 g/mol.